The summed E-state index contributed by atoms with van der Waals surface area (Å²) in [6.07, 6.45) is 6.26. The number of imidazole rings is 1. The van der Waals surface area contributed by atoms with E-state index >= 15 is 0 Å². The summed E-state index contributed by atoms with van der Waals surface area (Å²) in [7, 11) is 0. The number of thiazole rings is 1. The number of hydrogen-bond acceptors (Lipinski definition) is 5. The van der Waals surface area contributed by atoms with Gasteiger partial charge in [-0.05, 0) is 23.2 Å². The summed E-state index contributed by atoms with van der Waals surface area (Å²) in [5.41, 5.74) is 0.142. The molecule has 2 heterocycles. The maximum Gasteiger partial charge on any atom is 0.372 e. The van der Waals surface area contributed by atoms with Crippen molar-refractivity contribution in [1.82, 2.24) is 9.38 Å². The molecule has 3 rings (SSSR count). The van der Waals surface area contributed by atoms with E-state index in [1.54, 1.807) is 10.6 Å². The Morgan fingerprint density at radius 3 is 3.05 bits per heavy atom. The van der Waals surface area contributed by atoms with Crippen LogP contribution in [0.5, 0.6) is 0 Å². The molecular formula is C13H18N4O2S. The molecule has 0 radical (unpaired) electrons. The van der Waals surface area contributed by atoms with Gasteiger partial charge in [-0.15, -0.1) is 0 Å². The van der Waals surface area contributed by atoms with Crippen LogP contribution < -0.4 is 5.32 Å². The number of fused-ring (bicyclic) bond motifs is 1. The third-order valence-corrected chi connectivity index (χ3v) is 4.98. The maximum atomic E-state index is 11.3. The van der Waals surface area contributed by atoms with Gasteiger partial charge in [-0.25, -0.2) is 0 Å². The van der Waals surface area contributed by atoms with Crippen LogP contribution in [0.15, 0.2) is 11.6 Å². The van der Waals surface area contributed by atoms with Crippen molar-refractivity contribution in [3.63, 3.8) is 0 Å². The van der Waals surface area contributed by atoms with Crippen molar-refractivity contribution in [1.29, 1.82) is 0 Å². The van der Waals surface area contributed by atoms with Crippen molar-refractivity contribution in [2.75, 3.05) is 5.32 Å². The van der Waals surface area contributed by atoms with Crippen LogP contribution in [0.2, 0.25) is 0 Å². The van der Waals surface area contributed by atoms with Gasteiger partial charge < -0.3 is 15.4 Å². The lowest BCUT2D eigenvalue weighted by Gasteiger charge is -2.38. The molecule has 0 saturated heterocycles. The predicted octanol–water partition coefficient (Wildman–Crippen LogP) is 3.68. The first-order chi connectivity index (χ1) is 9.49. The topological polar surface area (TPSA) is 72.5 Å². The van der Waals surface area contributed by atoms with Gasteiger partial charge in [0.1, 0.15) is 6.20 Å². The van der Waals surface area contributed by atoms with Crippen LogP contribution >= 0.6 is 11.3 Å². The number of nitro groups is 1. The summed E-state index contributed by atoms with van der Waals surface area (Å²) >= 11 is 1.41. The Labute approximate surface area is 121 Å². The molecule has 1 saturated carbocycles. The molecule has 0 bridgehead atoms. The molecule has 1 atom stereocenters. The molecule has 1 unspecified atom stereocenters. The number of nitrogens with one attached hydrogen (secondary N) is 1. The Kier molecular flexibility index (Phi) is 3.16. The second kappa shape index (κ2) is 4.73. The van der Waals surface area contributed by atoms with Crippen LogP contribution in [0.3, 0.4) is 0 Å². The highest BCUT2D eigenvalue weighted by atomic mass is 32.1. The van der Waals surface area contributed by atoms with Crippen LogP contribution in [0.4, 0.5) is 11.6 Å². The van der Waals surface area contributed by atoms with Gasteiger partial charge in [-0.3, -0.25) is 0 Å². The van der Waals surface area contributed by atoms with Crippen molar-refractivity contribution >= 4 is 27.9 Å². The van der Waals surface area contributed by atoms with Gasteiger partial charge >= 0.3 is 5.82 Å². The van der Waals surface area contributed by atoms with Gasteiger partial charge in [0, 0.05) is 11.4 Å². The molecular weight excluding hydrogens is 276 g/mol. The summed E-state index contributed by atoms with van der Waals surface area (Å²) in [4.78, 5) is 16.0. The fourth-order valence-corrected chi connectivity index (χ4v) is 3.68. The van der Waals surface area contributed by atoms with Gasteiger partial charge in [0.2, 0.25) is 5.82 Å². The van der Waals surface area contributed by atoms with Crippen molar-refractivity contribution in [3.05, 3.63) is 21.7 Å². The molecule has 0 spiro atoms. The first kappa shape index (κ1) is 13.4. The molecule has 1 aliphatic carbocycles. The Morgan fingerprint density at radius 1 is 1.55 bits per heavy atom. The predicted molar refractivity (Wildman–Crippen MR) is 79.4 cm³/mol. The van der Waals surface area contributed by atoms with Crippen LogP contribution in [0.25, 0.3) is 4.96 Å². The van der Waals surface area contributed by atoms with Gasteiger partial charge in [0.25, 0.3) is 4.96 Å². The molecule has 2 aromatic rings. The minimum Gasteiger partial charge on any atom is -0.360 e. The lowest BCUT2D eigenvalue weighted by Crippen LogP contribution is -2.39. The highest BCUT2D eigenvalue weighted by Gasteiger charge is 2.35. The summed E-state index contributed by atoms with van der Waals surface area (Å²) in [6.45, 7) is 4.43. The minimum atomic E-state index is -0.356. The van der Waals surface area contributed by atoms with Crippen molar-refractivity contribution in [2.24, 2.45) is 5.41 Å². The zero-order chi connectivity index (χ0) is 14.3. The molecule has 1 aliphatic rings. The van der Waals surface area contributed by atoms with Gasteiger partial charge in [-0.2, -0.15) is 9.38 Å². The highest BCUT2D eigenvalue weighted by molar-refractivity contribution is 7.15. The van der Waals surface area contributed by atoms with E-state index in [4.69, 9.17) is 0 Å². The average molecular weight is 294 g/mol. The highest BCUT2D eigenvalue weighted by Crippen LogP contribution is 2.39. The molecule has 108 valence electrons. The summed E-state index contributed by atoms with van der Waals surface area (Å²) in [5.74, 6) is 0.449. The van der Waals surface area contributed by atoms with Gasteiger partial charge in [0.15, 0.2) is 0 Å². The van der Waals surface area contributed by atoms with Crippen LogP contribution in [0, 0.1) is 15.5 Å². The summed E-state index contributed by atoms with van der Waals surface area (Å²) in [6, 6.07) is 0.236. The van der Waals surface area contributed by atoms with Crippen molar-refractivity contribution in [2.45, 2.75) is 45.6 Å². The summed E-state index contributed by atoms with van der Waals surface area (Å²) < 4.78 is 1.54. The van der Waals surface area contributed by atoms with Crippen LogP contribution in [-0.4, -0.2) is 20.3 Å². The van der Waals surface area contributed by atoms with E-state index in [-0.39, 0.29) is 22.2 Å². The minimum absolute atomic E-state index is 0.0441. The Balaban J connectivity index is 1.96. The number of aromatic nitrogens is 2. The lowest BCUT2D eigenvalue weighted by atomic mass is 9.73. The van der Waals surface area contributed by atoms with Crippen LogP contribution in [0.1, 0.15) is 39.5 Å². The monoisotopic (exact) mass is 294 g/mol. The zero-order valence-corrected chi connectivity index (χ0v) is 12.4. The first-order valence-electron chi connectivity index (χ1n) is 6.85. The normalized spacial score (nSPS) is 22.0. The van der Waals surface area contributed by atoms with Crippen molar-refractivity contribution < 1.29 is 4.92 Å². The third kappa shape index (κ3) is 2.15. The molecule has 0 aliphatic heterocycles. The number of anilines is 1. The quantitative estimate of drug-likeness (QED) is 0.692. The molecule has 7 heteroatoms. The number of nitrogens with zero attached hydrogens (tertiary/aromatic N) is 3. The van der Waals surface area contributed by atoms with E-state index < -0.39 is 0 Å². The van der Waals surface area contributed by atoms with Gasteiger partial charge in [-0.1, -0.05) is 38.0 Å². The van der Waals surface area contributed by atoms with E-state index in [0.29, 0.717) is 10.8 Å². The second-order valence-corrected chi connectivity index (χ2v) is 6.90. The molecule has 0 aromatic carbocycles. The Hall–Kier alpha value is -1.63. The molecule has 2 aromatic heterocycles. The fraction of sp³-hybridized carbons (Fsp3) is 0.615. The third-order valence-electron chi connectivity index (χ3n) is 4.23. The second-order valence-electron chi connectivity index (χ2n) is 6.03. The SMILES string of the molecule is CC1(C)CCCCC1Nc1nc2sccn2c1[N+](=O)[O-]. The molecule has 1 N–H and O–H groups in total. The van der Waals surface area contributed by atoms with Gasteiger partial charge in [0.05, 0.1) is 0 Å². The fourth-order valence-electron chi connectivity index (χ4n) is 2.97. The lowest BCUT2D eigenvalue weighted by molar-refractivity contribution is -0.389. The van der Waals surface area contributed by atoms with E-state index in [0.717, 1.165) is 19.3 Å². The maximum absolute atomic E-state index is 11.3. The molecule has 20 heavy (non-hydrogen) atoms. The van der Waals surface area contributed by atoms with Crippen LogP contribution in [-0.2, 0) is 0 Å². The Morgan fingerprint density at radius 2 is 2.35 bits per heavy atom. The van der Waals surface area contributed by atoms with E-state index in [9.17, 15) is 10.1 Å². The van der Waals surface area contributed by atoms with E-state index in [1.807, 2.05) is 5.38 Å². The van der Waals surface area contributed by atoms with E-state index in [1.165, 1.54) is 17.8 Å². The standard InChI is InChI=1S/C13H18N4O2S/c1-13(2)6-4-3-5-9(13)14-10-11(17(18)19)16-7-8-20-12(16)15-10/h7-9,14H,3-6H2,1-2H3. The average Bonchev–Trinajstić information content (AvgIpc) is 2.90. The van der Waals surface area contributed by atoms with Crippen molar-refractivity contribution in [3.8, 4) is 0 Å². The van der Waals surface area contributed by atoms with E-state index in [2.05, 4.69) is 24.1 Å². The number of hydrogen-bond donors (Lipinski definition) is 1. The molecule has 6 nitrogen and oxygen atoms in total. The molecule has 1 fully saturated rings. The first-order valence-corrected chi connectivity index (χ1v) is 7.73. The zero-order valence-electron chi connectivity index (χ0n) is 11.6. The smallest absolute Gasteiger partial charge is 0.360 e. The molecule has 0 amide bonds. The summed E-state index contributed by atoms with van der Waals surface area (Å²) in [5, 5.41) is 16.4. The largest absolute Gasteiger partial charge is 0.372 e. The Bertz CT molecular complexity index is 646. The number of rotatable bonds is 3.